The molecule has 0 aliphatic carbocycles. The number of nitrogens with one attached hydrogen (secondary N) is 2. The Labute approximate surface area is 199 Å². The first-order valence-electron chi connectivity index (χ1n) is 10.3. The molecule has 178 valence electrons. The molecule has 4 rings (SSSR count). The highest BCUT2D eigenvalue weighted by Gasteiger charge is 2.20. The third-order valence-corrected chi connectivity index (χ3v) is 5.22. The summed E-state index contributed by atoms with van der Waals surface area (Å²) in [6.45, 7) is 2.38. The highest BCUT2D eigenvalue weighted by molar-refractivity contribution is 6.29. The summed E-state index contributed by atoms with van der Waals surface area (Å²) in [7, 11) is 3.26. The van der Waals surface area contributed by atoms with Gasteiger partial charge in [0.2, 0.25) is 5.88 Å². The van der Waals surface area contributed by atoms with Gasteiger partial charge in [-0.1, -0.05) is 11.6 Å². The van der Waals surface area contributed by atoms with Crippen LogP contribution in [-0.4, -0.2) is 56.1 Å². The van der Waals surface area contributed by atoms with E-state index in [4.69, 9.17) is 26.8 Å². The lowest BCUT2D eigenvalue weighted by atomic mass is 10.1. The van der Waals surface area contributed by atoms with Gasteiger partial charge >= 0.3 is 6.09 Å². The predicted molar refractivity (Wildman–Crippen MR) is 125 cm³/mol. The molecule has 2 amide bonds. The summed E-state index contributed by atoms with van der Waals surface area (Å²) in [6.07, 6.45) is 2.34. The number of anilines is 1. The van der Waals surface area contributed by atoms with Crippen molar-refractivity contribution in [3.05, 3.63) is 46.9 Å². The van der Waals surface area contributed by atoms with Crippen molar-refractivity contribution in [3.63, 3.8) is 0 Å². The van der Waals surface area contributed by atoms with E-state index in [2.05, 4.69) is 25.8 Å². The number of aryl methyl sites for hydroxylation is 1. The SMILES string of the molecule is CNC(=O)Oc1cc(Cl)nc2c(C(=O)NC(C)COCc3cc(N)c4cnn(C)c4c3)cnn12. The molecule has 0 radical (unpaired) electrons. The number of hydrogen-bond donors (Lipinski definition) is 3. The number of nitrogens with zero attached hydrogens (tertiary/aromatic N) is 5. The lowest BCUT2D eigenvalue weighted by Crippen LogP contribution is -2.35. The molecule has 0 aliphatic rings. The van der Waals surface area contributed by atoms with Crippen LogP contribution in [0, 0.1) is 0 Å². The minimum Gasteiger partial charge on any atom is -0.398 e. The van der Waals surface area contributed by atoms with Gasteiger partial charge in [0.25, 0.3) is 5.91 Å². The van der Waals surface area contributed by atoms with Crippen LogP contribution in [0.5, 0.6) is 5.88 Å². The van der Waals surface area contributed by atoms with Gasteiger partial charge in [-0.15, -0.1) is 0 Å². The van der Waals surface area contributed by atoms with Gasteiger partial charge in [-0.25, -0.2) is 9.78 Å². The molecule has 1 unspecified atom stereocenters. The first kappa shape index (κ1) is 23.3. The lowest BCUT2D eigenvalue weighted by molar-refractivity contribution is 0.0822. The quantitative estimate of drug-likeness (QED) is 0.264. The molecule has 1 aromatic carbocycles. The molecule has 13 heteroatoms. The third-order valence-electron chi connectivity index (χ3n) is 5.03. The van der Waals surface area contributed by atoms with Crippen LogP contribution in [0.15, 0.2) is 30.6 Å². The zero-order valence-electron chi connectivity index (χ0n) is 18.7. The van der Waals surface area contributed by atoms with Crippen molar-refractivity contribution in [1.29, 1.82) is 0 Å². The van der Waals surface area contributed by atoms with E-state index < -0.39 is 12.0 Å². The highest BCUT2D eigenvalue weighted by atomic mass is 35.5. The number of nitrogens with two attached hydrogens (primary N) is 1. The Bertz CT molecular complexity index is 1380. The van der Waals surface area contributed by atoms with Crippen LogP contribution < -0.4 is 21.1 Å². The maximum atomic E-state index is 12.8. The maximum Gasteiger partial charge on any atom is 0.413 e. The van der Waals surface area contributed by atoms with Crippen molar-refractivity contribution in [2.24, 2.45) is 7.05 Å². The van der Waals surface area contributed by atoms with E-state index in [0.29, 0.717) is 12.3 Å². The third kappa shape index (κ3) is 4.72. The zero-order chi connectivity index (χ0) is 24.4. The molecular formula is C21H23ClN8O4. The van der Waals surface area contributed by atoms with Gasteiger partial charge in [0, 0.05) is 37.3 Å². The Balaban J connectivity index is 1.40. The van der Waals surface area contributed by atoms with Gasteiger partial charge in [0.15, 0.2) is 5.65 Å². The largest absolute Gasteiger partial charge is 0.413 e. The van der Waals surface area contributed by atoms with E-state index in [0.717, 1.165) is 16.5 Å². The summed E-state index contributed by atoms with van der Waals surface area (Å²) in [5, 5.41) is 14.4. The van der Waals surface area contributed by atoms with Crippen LogP contribution in [0.4, 0.5) is 10.5 Å². The molecule has 4 N–H and O–H groups in total. The van der Waals surface area contributed by atoms with E-state index in [9.17, 15) is 9.59 Å². The van der Waals surface area contributed by atoms with E-state index >= 15 is 0 Å². The first-order valence-corrected chi connectivity index (χ1v) is 10.7. The number of aromatic nitrogens is 5. The molecule has 0 spiro atoms. The van der Waals surface area contributed by atoms with Crippen LogP contribution in [0.25, 0.3) is 16.6 Å². The number of nitrogen functional groups attached to an aromatic ring is 1. The smallest absolute Gasteiger partial charge is 0.398 e. The molecule has 12 nitrogen and oxygen atoms in total. The molecule has 0 bridgehead atoms. The number of ether oxygens (including phenoxy) is 2. The fourth-order valence-electron chi connectivity index (χ4n) is 3.40. The number of benzene rings is 1. The van der Waals surface area contributed by atoms with E-state index in [1.807, 2.05) is 26.1 Å². The van der Waals surface area contributed by atoms with Gasteiger partial charge in [-0.05, 0) is 24.6 Å². The number of amides is 2. The molecule has 3 aromatic heterocycles. The molecule has 3 heterocycles. The average Bonchev–Trinajstić information content (AvgIpc) is 3.38. The summed E-state index contributed by atoms with van der Waals surface area (Å²) < 4.78 is 13.9. The van der Waals surface area contributed by atoms with Crippen LogP contribution >= 0.6 is 11.6 Å². The number of carbonyl (C=O) groups is 2. The molecule has 1 atom stereocenters. The number of halogens is 1. The van der Waals surface area contributed by atoms with E-state index in [1.54, 1.807) is 10.9 Å². The van der Waals surface area contributed by atoms with E-state index in [1.165, 1.54) is 23.8 Å². The summed E-state index contributed by atoms with van der Waals surface area (Å²) in [6, 6.07) is 4.82. The Morgan fingerprint density at radius 2 is 2.03 bits per heavy atom. The Morgan fingerprint density at radius 3 is 2.79 bits per heavy atom. The highest BCUT2D eigenvalue weighted by Crippen LogP contribution is 2.23. The molecule has 4 aromatic rings. The van der Waals surface area contributed by atoms with Gasteiger partial charge in [0.1, 0.15) is 10.7 Å². The van der Waals surface area contributed by atoms with Gasteiger partial charge in [0.05, 0.1) is 31.1 Å². The monoisotopic (exact) mass is 486 g/mol. The van der Waals surface area contributed by atoms with Crippen LogP contribution in [0.1, 0.15) is 22.8 Å². The Kier molecular flexibility index (Phi) is 6.52. The van der Waals surface area contributed by atoms with Crippen molar-refractivity contribution in [2.45, 2.75) is 19.6 Å². The number of fused-ring (bicyclic) bond motifs is 2. The number of hydrogen-bond acceptors (Lipinski definition) is 8. The Morgan fingerprint density at radius 1 is 1.24 bits per heavy atom. The zero-order valence-corrected chi connectivity index (χ0v) is 19.5. The Hall–Kier alpha value is -3.90. The topological polar surface area (TPSA) is 151 Å². The number of rotatable bonds is 7. The molecule has 34 heavy (non-hydrogen) atoms. The molecule has 0 aliphatic heterocycles. The fourth-order valence-corrected chi connectivity index (χ4v) is 3.58. The van der Waals surface area contributed by atoms with Crippen LogP contribution in [0.2, 0.25) is 5.15 Å². The molecule has 0 saturated heterocycles. The summed E-state index contributed by atoms with van der Waals surface area (Å²) in [5.74, 6) is -0.401. The number of carbonyl (C=O) groups excluding carboxylic acids is 2. The van der Waals surface area contributed by atoms with Crippen LogP contribution in [0.3, 0.4) is 0 Å². The maximum absolute atomic E-state index is 12.8. The second kappa shape index (κ2) is 9.53. The van der Waals surface area contributed by atoms with Gasteiger partial charge in [-0.2, -0.15) is 14.7 Å². The average molecular weight is 487 g/mol. The summed E-state index contributed by atoms with van der Waals surface area (Å²) in [4.78, 5) is 28.5. The van der Waals surface area contributed by atoms with Crippen molar-refractivity contribution in [2.75, 3.05) is 19.4 Å². The standard InChI is InChI=1S/C21H23ClN8O4/c1-11(9-33-10-12-4-15(23)13-7-25-29(3)16(13)5-12)27-20(31)14-8-26-30-18(34-21(32)24-2)6-17(22)28-19(14)30/h4-8,11H,9-10,23H2,1-3H3,(H,24,32)(H,27,31). The normalized spacial score (nSPS) is 12.1. The van der Waals surface area contributed by atoms with Crippen molar-refractivity contribution >= 4 is 45.8 Å². The van der Waals surface area contributed by atoms with Crippen molar-refractivity contribution < 1.29 is 19.1 Å². The van der Waals surface area contributed by atoms with Crippen molar-refractivity contribution in [3.8, 4) is 5.88 Å². The van der Waals surface area contributed by atoms with Crippen LogP contribution in [-0.2, 0) is 18.4 Å². The fraction of sp³-hybridized carbons (Fsp3) is 0.286. The molecule has 0 saturated carbocycles. The molecule has 0 fully saturated rings. The predicted octanol–water partition coefficient (Wildman–Crippen LogP) is 1.90. The second-order valence-electron chi connectivity index (χ2n) is 7.63. The van der Waals surface area contributed by atoms with Gasteiger partial charge in [-0.3, -0.25) is 9.48 Å². The second-order valence-corrected chi connectivity index (χ2v) is 8.01. The lowest BCUT2D eigenvalue weighted by Gasteiger charge is -2.14. The minimum atomic E-state index is -0.708. The van der Waals surface area contributed by atoms with Crippen molar-refractivity contribution in [1.82, 2.24) is 35.0 Å². The molecular weight excluding hydrogens is 464 g/mol. The summed E-state index contributed by atoms with van der Waals surface area (Å²) in [5.41, 5.74) is 8.87. The van der Waals surface area contributed by atoms with E-state index in [-0.39, 0.29) is 34.9 Å². The minimum absolute atomic E-state index is 0.0226. The summed E-state index contributed by atoms with van der Waals surface area (Å²) >= 11 is 6.04. The first-order chi connectivity index (χ1) is 16.3. The van der Waals surface area contributed by atoms with Gasteiger partial charge < -0.3 is 25.8 Å².